The van der Waals surface area contributed by atoms with E-state index >= 15 is 0 Å². The lowest BCUT2D eigenvalue weighted by Gasteiger charge is -2.35. The number of ketones is 1. The predicted octanol–water partition coefficient (Wildman–Crippen LogP) is 4.69. The number of non-ortho nitro benzene ring substituents is 1. The largest absolute Gasteiger partial charge is 0.292 e. The molecule has 0 bridgehead atoms. The Hall–Kier alpha value is -4.68. The number of halogens is 2. The summed E-state index contributed by atoms with van der Waals surface area (Å²) in [6.07, 6.45) is -0.225. The second kappa shape index (κ2) is 11.0. The van der Waals surface area contributed by atoms with Crippen molar-refractivity contribution in [3.05, 3.63) is 114 Å². The van der Waals surface area contributed by atoms with Gasteiger partial charge in [0.05, 0.1) is 15.4 Å². The number of benzene rings is 3. The van der Waals surface area contributed by atoms with Crippen LogP contribution in [-0.2, 0) is 0 Å². The quantitative estimate of drug-likeness (QED) is 0.118. The van der Waals surface area contributed by atoms with Gasteiger partial charge in [0, 0.05) is 40.2 Å². The number of imide groups is 1. The molecule has 1 aliphatic heterocycles. The summed E-state index contributed by atoms with van der Waals surface area (Å²) in [7, 11) is 0. The Labute approximate surface area is 229 Å². The molecule has 39 heavy (non-hydrogen) atoms. The molecule has 3 aromatic carbocycles. The molecule has 0 fully saturated rings. The van der Waals surface area contributed by atoms with Gasteiger partial charge in [-0.15, -0.1) is 11.6 Å². The van der Waals surface area contributed by atoms with Crippen molar-refractivity contribution in [1.29, 1.82) is 0 Å². The molecule has 4 rings (SSSR count). The van der Waals surface area contributed by atoms with Crippen molar-refractivity contribution >= 4 is 58.1 Å². The van der Waals surface area contributed by atoms with Gasteiger partial charge in [0.25, 0.3) is 29.1 Å². The molecule has 0 radical (unpaired) electrons. The van der Waals surface area contributed by atoms with Crippen LogP contribution in [0.5, 0.6) is 0 Å². The number of Topliss-reactive ketones (excluding diaryl/α,β-unsaturated/α-hetero) is 1. The lowest BCUT2D eigenvalue weighted by atomic mass is 10.0. The number of carbonyl (C=O) groups is 4. The normalized spacial score (nSPS) is 13.1. The van der Waals surface area contributed by atoms with Gasteiger partial charge in [0.15, 0.2) is 5.78 Å². The monoisotopic (exact) mass is 570 g/mol. The van der Waals surface area contributed by atoms with Crippen LogP contribution in [0.1, 0.15) is 47.9 Å². The zero-order valence-corrected chi connectivity index (χ0v) is 21.2. The highest BCUT2D eigenvalue weighted by atomic mass is 35.5. The van der Waals surface area contributed by atoms with E-state index in [1.807, 2.05) is 0 Å². The van der Waals surface area contributed by atoms with Crippen LogP contribution in [-0.4, -0.2) is 55.3 Å². The first-order valence-electron chi connectivity index (χ1n) is 11.2. The van der Waals surface area contributed by atoms with Gasteiger partial charge < -0.3 is 0 Å². The molecule has 0 saturated carbocycles. The number of hydrazine groups is 1. The molecule has 0 N–H and O–H groups in total. The number of nitro benzene ring substituents is 2. The van der Waals surface area contributed by atoms with Gasteiger partial charge in [0.1, 0.15) is 11.6 Å². The Morgan fingerprint density at radius 2 is 1.49 bits per heavy atom. The molecule has 0 aromatic heterocycles. The van der Waals surface area contributed by atoms with E-state index in [1.165, 1.54) is 36.4 Å². The molecular weight excluding hydrogens is 555 g/mol. The van der Waals surface area contributed by atoms with Crippen LogP contribution in [0.15, 0.2) is 66.7 Å². The van der Waals surface area contributed by atoms with E-state index in [2.05, 4.69) is 0 Å². The first kappa shape index (κ1) is 27.4. The molecular formula is C25H16Cl2N4O8. The topological polar surface area (TPSA) is 161 Å². The number of alkyl halides is 1. The van der Waals surface area contributed by atoms with E-state index in [0.717, 1.165) is 30.3 Å². The molecule has 0 aliphatic carbocycles. The lowest BCUT2D eigenvalue weighted by Crippen LogP contribution is -2.57. The zero-order chi connectivity index (χ0) is 28.4. The molecule has 0 saturated heterocycles. The van der Waals surface area contributed by atoms with E-state index in [-0.39, 0.29) is 34.7 Å². The van der Waals surface area contributed by atoms with Crippen LogP contribution in [0.2, 0.25) is 5.02 Å². The van der Waals surface area contributed by atoms with Gasteiger partial charge in [-0.25, -0.2) is 5.01 Å². The van der Waals surface area contributed by atoms with Crippen LogP contribution >= 0.6 is 23.2 Å². The van der Waals surface area contributed by atoms with Crippen LogP contribution in [0.3, 0.4) is 0 Å². The van der Waals surface area contributed by atoms with Gasteiger partial charge in [0.2, 0.25) is 0 Å². The Morgan fingerprint density at radius 1 is 0.872 bits per heavy atom. The third-order valence-electron chi connectivity index (χ3n) is 5.93. The van der Waals surface area contributed by atoms with Crippen molar-refractivity contribution in [2.24, 2.45) is 0 Å². The van der Waals surface area contributed by atoms with E-state index in [4.69, 9.17) is 23.2 Å². The minimum absolute atomic E-state index is 0.0820. The molecule has 12 nitrogen and oxygen atoms in total. The summed E-state index contributed by atoms with van der Waals surface area (Å²) in [4.78, 5) is 75.6. The highest BCUT2D eigenvalue weighted by Crippen LogP contribution is 2.34. The van der Waals surface area contributed by atoms with Crippen LogP contribution in [0.4, 0.5) is 11.4 Å². The maximum Gasteiger partial charge on any atom is 0.287 e. The summed E-state index contributed by atoms with van der Waals surface area (Å²) in [6.45, 7) is 0. The van der Waals surface area contributed by atoms with Crippen molar-refractivity contribution < 1.29 is 29.0 Å². The second-order valence-corrected chi connectivity index (χ2v) is 9.01. The minimum atomic E-state index is -1.52. The average molecular weight is 571 g/mol. The van der Waals surface area contributed by atoms with Crippen molar-refractivity contribution in [2.45, 2.75) is 12.5 Å². The number of carbonyl (C=O) groups excluding carboxylic acids is 4. The second-order valence-electron chi connectivity index (χ2n) is 8.20. The fourth-order valence-electron chi connectivity index (χ4n) is 4.11. The Kier molecular flexibility index (Phi) is 7.70. The first-order valence-corrected chi connectivity index (χ1v) is 12.1. The van der Waals surface area contributed by atoms with Crippen molar-refractivity contribution in [3.8, 4) is 0 Å². The molecule has 3 amide bonds. The number of amides is 3. The van der Waals surface area contributed by atoms with Gasteiger partial charge in [-0.2, -0.15) is 5.01 Å². The SMILES string of the molecule is O=C(c1ccc(Cl)cc1)[C@@H](CCCl)N(C(=O)c1ccc([N+](=O)[O-])cc1)N1C(=O)c2cccc([N+](=O)[O-])c2C1=O. The third kappa shape index (κ3) is 5.07. The summed E-state index contributed by atoms with van der Waals surface area (Å²) in [5.74, 6) is -4.19. The fourth-order valence-corrected chi connectivity index (χ4v) is 4.44. The zero-order valence-electron chi connectivity index (χ0n) is 19.7. The average Bonchev–Trinajstić information content (AvgIpc) is 3.18. The minimum Gasteiger partial charge on any atom is -0.292 e. The Bertz CT molecular complexity index is 1530. The van der Waals surface area contributed by atoms with Gasteiger partial charge in [-0.05, 0) is 48.9 Å². The van der Waals surface area contributed by atoms with Crippen LogP contribution < -0.4 is 0 Å². The molecule has 14 heteroatoms. The summed E-state index contributed by atoms with van der Waals surface area (Å²) >= 11 is 11.9. The third-order valence-corrected chi connectivity index (χ3v) is 6.40. The summed E-state index contributed by atoms with van der Waals surface area (Å²) < 4.78 is 0. The first-order chi connectivity index (χ1) is 18.6. The molecule has 0 spiro atoms. The molecule has 1 heterocycles. The standard InChI is InChI=1S/C25H16Cl2N4O8/c26-13-12-20(22(32)14-4-8-16(27)9-5-14)28(23(33)15-6-10-17(11-7-15)30(36)37)29-24(34)18-2-1-3-19(31(38)39)21(18)25(29)35/h1-11,20H,12-13H2/t20-/m1/s1. The molecule has 1 atom stereocenters. The van der Waals surface area contributed by atoms with E-state index in [1.54, 1.807) is 0 Å². The number of fused-ring (bicyclic) bond motifs is 1. The Balaban J connectivity index is 1.88. The number of nitro groups is 2. The number of hydrogen-bond acceptors (Lipinski definition) is 8. The molecule has 3 aromatic rings. The highest BCUT2D eigenvalue weighted by Gasteiger charge is 2.48. The van der Waals surface area contributed by atoms with E-state index in [9.17, 15) is 39.4 Å². The van der Waals surface area contributed by atoms with Crippen molar-refractivity contribution in [1.82, 2.24) is 10.0 Å². The fraction of sp³-hybridized carbons (Fsp3) is 0.120. The smallest absolute Gasteiger partial charge is 0.287 e. The van der Waals surface area contributed by atoms with Crippen molar-refractivity contribution in [2.75, 3.05) is 5.88 Å². The van der Waals surface area contributed by atoms with Crippen molar-refractivity contribution in [3.63, 3.8) is 0 Å². The van der Waals surface area contributed by atoms with E-state index < -0.39 is 50.6 Å². The molecule has 198 valence electrons. The lowest BCUT2D eigenvalue weighted by molar-refractivity contribution is -0.385. The van der Waals surface area contributed by atoms with E-state index in [0.29, 0.717) is 15.0 Å². The van der Waals surface area contributed by atoms with Gasteiger partial charge in [-0.3, -0.25) is 39.4 Å². The maximum atomic E-state index is 13.8. The number of nitrogens with zero attached hydrogens (tertiary/aromatic N) is 4. The van der Waals surface area contributed by atoms with Crippen LogP contribution in [0, 0.1) is 20.2 Å². The molecule has 1 aliphatic rings. The van der Waals surface area contributed by atoms with Gasteiger partial charge >= 0.3 is 0 Å². The number of rotatable bonds is 9. The Morgan fingerprint density at radius 3 is 2.05 bits per heavy atom. The van der Waals surface area contributed by atoms with Gasteiger partial charge in [-0.1, -0.05) is 17.7 Å². The predicted molar refractivity (Wildman–Crippen MR) is 138 cm³/mol. The molecule has 0 unspecified atom stereocenters. The maximum absolute atomic E-state index is 13.8. The summed E-state index contributed by atoms with van der Waals surface area (Å²) in [6, 6.07) is 11.8. The summed E-state index contributed by atoms with van der Waals surface area (Å²) in [5, 5.41) is 24.0. The summed E-state index contributed by atoms with van der Waals surface area (Å²) in [5.41, 5.74) is -1.98. The number of hydrogen-bond donors (Lipinski definition) is 0. The van der Waals surface area contributed by atoms with Crippen LogP contribution in [0.25, 0.3) is 0 Å². The highest BCUT2D eigenvalue weighted by molar-refractivity contribution is 6.30.